The standard InChI is InChI=1S/C12H18N2O2S/c1-9-8-17-12(14-9)6-7-13-11(16)5-3-4-10(2)15/h8,15H,2-7H2,1H3,(H,13,16). The second-order valence-electron chi connectivity index (χ2n) is 3.90. The third-order valence-corrected chi connectivity index (χ3v) is 3.22. The van der Waals surface area contributed by atoms with Gasteiger partial charge in [0.05, 0.1) is 10.8 Å². The Hall–Kier alpha value is -1.36. The van der Waals surface area contributed by atoms with Gasteiger partial charge in [0, 0.05) is 36.9 Å². The number of nitrogens with one attached hydrogen (secondary N) is 1. The molecule has 1 rings (SSSR count). The summed E-state index contributed by atoms with van der Waals surface area (Å²) < 4.78 is 0. The molecule has 4 nitrogen and oxygen atoms in total. The highest BCUT2D eigenvalue weighted by Gasteiger charge is 2.03. The summed E-state index contributed by atoms with van der Waals surface area (Å²) in [6.07, 6.45) is 2.32. The van der Waals surface area contributed by atoms with Gasteiger partial charge >= 0.3 is 0 Å². The van der Waals surface area contributed by atoms with Crippen LogP contribution in [0, 0.1) is 6.92 Å². The quantitative estimate of drug-likeness (QED) is 0.734. The molecule has 0 unspecified atom stereocenters. The van der Waals surface area contributed by atoms with E-state index >= 15 is 0 Å². The number of aliphatic hydroxyl groups excluding tert-OH is 1. The van der Waals surface area contributed by atoms with E-state index in [-0.39, 0.29) is 11.7 Å². The van der Waals surface area contributed by atoms with Crippen LogP contribution in [-0.4, -0.2) is 22.5 Å². The van der Waals surface area contributed by atoms with Crippen LogP contribution in [0.4, 0.5) is 0 Å². The van der Waals surface area contributed by atoms with Crippen molar-refractivity contribution >= 4 is 17.2 Å². The van der Waals surface area contributed by atoms with Gasteiger partial charge in [0.25, 0.3) is 0 Å². The third kappa shape index (κ3) is 6.06. The number of hydrogen-bond donors (Lipinski definition) is 2. The van der Waals surface area contributed by atoms with Crippen molar-refractivity contribution in [1.82, 2.24) is 10.3 Å². The molecule has 0 fully saturated rings. The number of aromatic nitrogens is 1. The zero-order valence-corrected chi connectivity index (χ0v) is 10.8. The number of nitrogens with zero attached hydrogens (tertiary/aromatic N) is 1. The van der Waals surface area contributed by atoms with Crippen molar-refractivity contribution in [3.63, 3.8) is 0 Å². The number of amides is 1. The van der Waals surface area contributed by atoms with Crippen molar-refractivity contribution < 1.29 is 9.90 Å². The second kappa shape index (κ2) is 7.06. The fraction of sp³-hybridized carbons (Fsp3) is 0.500. The molecule has 94 valence electrons. The topological polar surface area (TPSA) is 62.2 Å². The summed E-state index contributed by atoms with van der Waals surface area (Å²) in [7, 11) is 0. The molecule has 0 saturated heterocycles. The highest BCUT2D eigenvalue weighted by atomic mass is 32.1. The number of carbonyl (C=O) groups is 1. The maximum absolute atomic E-state index is 11.4. The number of aliphatic hydroxyl groups is 1. The Bertz CT molecular complexity index is 388. The van der Waals surface area contributed by atoms with E-state index in [9.17, 15) is 4.79 Å². The van der Waals surface area contributed by atoms with E-state index in [1.165, 1.54) is 0 Å². The minimum Gasteiger partial charge on any atom is -0.513 e. The maximum atomic E-state index is 11.4. The first-order chi connectivity index (χ1) is 8.08. The molecule has 1 aromatic rings. The van der Waals surface area contributed by atoms with Crippen molar-refractivity contribution in [2.24, 2.45) is 0 Å². The number of thiazole rings is 1. The number of allylic oxidation sites excluding steroid dienone is 1. The summed E-state index contributed by atoms with van der Waals surface area (Å²) >= 11 is 1.62. The van der Waals surface area contributed by atoms with Gasteiger partial charge in [-0.1, -0.05) is 6.58 Å². The van der Waals surface area contributed by atoms with Gasteiger partial charge in [-0.3, -0.25) is 4.79 Å². The first-order valence-corrected chi connectivity index (χ1v) is 6.50. The molecule has 5 heteroatoms. The molecule has 0 radical (unpaired) electrons. The lowest BCUT2D eigenvalue weighted by Crippen LogP contribution is -2.25. The Labute approximate surface area is 105 Å². The fourth-order valence-electron chi connectivity index (χ4n) is 1.37. The van der Waals surface area contributed by atoms with Crippen LogP contribution in [0.2, 0.25) is 0 Å². The first kappa shape index (κ1) is 13.7. The Balaban J connectivity index is 2.10. The lowest BCUT2D eigenvalue weighted by atomic mass is 10.2. The normalized spacial score (nSPS) is 10.2. The maximum Gasteiger partial charge on any atom is 0.220 e. The molecule has 0 atom stereocenters. The molecule has 17 heavy (non-hydrogen) atoms. The van der Waals surface area contributed by atoms with Gasteiger partial charge in [-0.15, -0.1) is 11.3 Å². The smallest absolute Gasteiger partial charge is 0.220 e. The molecule has 1 aromatic heterocycles. The monoisotopic (exact) mass is 254 g/mol. The van der Waals surface area contributed by atoms with Gasteiger partial charge in [0.15, 0.2) is 0 Å². The lowest BCUT2D eigenvalue weighted by molar-refractivity contribution is -0.121. The van der Waals surface area contributed by atoms with E-state index in [1.807, 2.05) is 12.3 Å². The SMILES string of the molecule is C=C(O)CCCC(=O)NCCc1nc(C)cs1. The van der Waals surface area contributed by atoms with E-state index in [2.05, 4.69) is 16.9 Å². The average molecular weight is 254 g/mol. The molecule has 0 aromatic carbocycles. The summed E-state index contributed by atoms with van der Waals surface area (Å²) in [6, 6.07) is 0. The van der Waals surface area contributed by atoms with Crippen molar-refractivity contribution in [1.29, 1.82) is 0 Å². The van der Waals surface area contributed by atoms with E-state index in [0.29, 0.717) is 25.8 Å². The van der Waals surface area contributed by atoms with Crippen LogP contribution >= 0.6 is 11.3 Å². The Kier molecular flexibility index (Phi) is 5.69. The van der Waals surface area contributed by atoms with Gasteiger partial charge in [-0.25, -0.2) is 4.98 Å². The summed E-state index contributed by atoms with van der Waals surface area (Å²) in [6.45, 7) is 5.95. The van der Waals surface area contributed by atoms with Crippen LogP contribution in [0.25, 0.3) is 0 Å². The van der Waals surface area contributed by atoms with Crippen molar-refractivity contribution in [3.8, 4) is 0 Å². The van der Waals surface area contributed by atoms with Crippen molar-refractivity contribution in [3.05, 3.63) is 28.4 Å². The van der Waals surface area contributed by atoms with Gasteiger partial charge in [-0.2, -0.15) is 0 Å². The average Bonchev–Trinajstić information content (AvgIpc) is 2.63. The number of hydrogen-bond acceptors (Lipinski definition) is 4. The Morgan fingerprint density at radius 2 is 2.35 bits per heavy atom. The van der Waals surface area contributed by atoms with Crippen LogP contribution in [0.5, 0.6) is 0 Å². The molecule has 0 saturated carbocycles. The fourth-order valence-corrected chi connectivity index (χ4v) is 2.14. The largest absolute Gasteiger partial charge is 0.513 e. The molecule has 1 amide bonds. The van der Waals surface area contributed by atoms with Crippen molar-refractivity contribution in [2.45, 2.75) is 32.6 Å². The van der Waals surface area contributed by atoms with Gasteiger partial charge < -0.3 is 10.4 Å². The van der Waals surface area contributed by atoms with Crippen LogP contribution in [0.15, 0.2) is 17.7 Å². The molecule has 0 aliphatic rings. The summed E-state index contributed by atoms with van der Waals surface area (Å²) in [5.74, 6) is 0.149. The third-order valence-electron chi connectivity index (χ3n) is 2.20. The van der Waals surface area contributed by atoms with Crippen LogP contribution < -0.4 is 5.32 Å². The van der Waals surface area contributed by atoms with Gasteiger partial charge in [-0.05, 0) is 13.3 Å². The highest BCUT2D eigenvalue weighted by molar-refractivity contribution is 7.09. The lowest BCUT2D eigenvalue weighted by Gasteiger charge is -2.03. The highest BCUT2D eigenvalue weighted by Crippen LogP contribution is 2.08. The predicted molar refractivity (Wildman–Crippen MR) is 69.2 cm³/mol. The summed E-state index contributed by atoms with van der Waals surface area (Å²) in [5.41, 5.74) is 1.03. The van der Waals surface area contributed by atoms with Crippen LogP contribution in [0.1, 0.15) is 30.0 Å². The van der Waals surface area contributed by atoms with Crippen LogP contribution in [0.3, 0.4) is 0 Å². The predicted octanol–water partition coefficient (Wildman–Crippen LogP) is 2.35. The number of aryl methyl sites for hydroxylation is 1. The van der Waals surface area contributed by atoms with Gasteiger partial charge in [0.1, 0.15) is 0 Å². The van der Waals surface area contributed by atoms with E-state index < -0.39 is 0 Å². The molecule has 0 bridgehead atoms. The molecule has 0 spiro atoms. The minimum atomic E-state index is 0.0135. The molecule has 0 aliphatic carbocycles. The molecule has 2 N–H and O–H groups in total. The molecule has 0 aliphatic heterocycles. The molecular weight excluding hydrogens is 236 g/mol. The second-order valence-corrected chi connectivity index (χ2v) is 4.85. The summed E-state index contributed by atoms with van der Waals surface area (Å²) in [5, 5.41) is 14.7. The Morgan fingerprint density at radius 3 is 2.94 bits per heavy atom. The van der Waals surface area contributed by atoms with Gasteiger partial charge in [0.2, 0.25) is 5.91 Å². The van der Waals surface area contributed by atoms with E-state index in [4.69, 9.17) is 5.11 Å². The van der Waals surface area contributed by atoms with E-state index in [0.717, 1.165) is 17.1 Å². The number of carbonyl (C=O) groups excluding carboxylic acids is 1. The number of rotatable bonds is 7. The van der Waals surface area contributed by atoms with Crippen LogP contribution in [-0.2, 0) is 11.2 Å². The Morgan fingerprint density at radius 1 is 1.59 bits per heavy atom. The van der Waals surface area contributed by atoms with Crippen molar-refractivity contribution in [2.75, 3.05) is 6.54 Å². The zero-order valence-electron chi connectivity index (χ0n) is 10.0. The minimum absolute atomic E-state index is 0.0135. The summed E-state index contributed by atoms with van der Waals surface area (Å²) in [4.78, 5) is 15.7. The molecular formula is C12H18N2O2S. The van der Waals surface area contributed by atoms with E-state index in [1.54, 1.807) is 11.3 Å². The molecule has 1 heterocycles. The zero-order chi connectivity index (χ0) is 12.7. The first-order valence-electron chi connectivity index (χ1n) is 5.62.